The number of aryl methyl sites for hydroxylation is 2. The highest BCUT2D eigenvalue weighted by molar-refractivity contribution is 8.26. The number of hydrogen-bond acceptors (Lipinski definition) is 6. The lowest BCUT2D eigenvalue weighted by Gasteiger charge is -2.35. The molecule has 0 N–H and O–H groups in total. The van der Waals surface area contributed by atoms with Crippen LogP contribution in [0.3, 0.4) is 0 Å². The van der Waals surface area contributed by atoms with Crippen LogP contribution in [0, 0.1) is 6.92 Å². The number of hydrogen-bond donors (Lipinski definition) is 0. The molecule has 2 fully saturated rings. The second-order valence-electron chi connectivity index (χ2n) is 9.37. The van der Waals surface area contributed by atoms with Crippen molar-refractivity contribution in [1.82, 2.24) is 14.4 Å². The number of nitrogens with zero attached hydrogens (tertiary/aromatic N) is 4. The van der Waals surface area contributed by atoms with Gasteiger partial charge in [0.25, 0.3) is 11.5 Å². The van der Waals surface area contributed by atoms with Gasteiger partial charge in [-0.3, -0.25) is 14.5 Å². The summed E-state index contributed by atoms with van der Waals surface area (Å²) < 4.78 is 2.32. The molecule has 0 spiro atoms. The number of thioether (sulfide) groups is 1. The SMILES string of the molecule is CCn1c(=O)c(C=C2SC(=S)N(Cc3ccc(C)cc3)C2=O)c(N2CCN(C)CC2)c2ccccc21. The third-order valence-corrected chi connectivity index (χ3v) is 8.30. The van der Waals surface area contributed by atoms with E-state index in [1.165, 1.54) is 17.3 Å². The van der Waals surface area contributed by atoms with Crippen molar-refractivity contribution in [3.63, 3.8) is 0 Å². The molecule has 3 aromatic rings. The van der Waals surface area contributed by atoms with Gasteiger partial charge in [-0.05, 0) is 38.6 Å². The van der Waals surface area contributed by atoms with Crippen LogP contribution in [0.25, 0.3) is 17.0 Å². The van der Waals surface area contributed by atoms with Gasteiger partial charge in [0.2, 0.25) is 0 Å². The largest absolute Gasteiger partial charge is 0.368 e. The smallest absolute Gasteiger partial charge is 0.266 e. The zero-order valence-electron chi connectivity index (χ0n) is 20.9. The number of benzene rings is 2. The monoisotopic (exact) mass is 518 g/mol. The highest BCUT2D eigenvalue weighted by Crippen LogP contribution is 2.37. The summed E-state index contributed by atoms with van der Waals surface area (Å²) in [7, 11) is 2.12. The summed E-state index contributed by atoms with van der Waals surface area (Å²) in [5.41, 5.74) is 4.52. The quantitative estimate of drug-likeness (QED) is 0.367. The summed E-state index contributed by atoms with van der Waals surface area (Å²) in [6, 6.07) is 16.2. The average Bonchev–Trinajstić information content (AvgIpc) is 3.14. The van der Waals surface area contributed by atoms with Crippen LogP contribution in [0.1, 0.15) is 23.6 Å². The molecule has 2 aliphatic heterocycles. The van der Waals surface area contributed by atoms with Gasteiger partial charge in [0.1, 0.15) is 4.32 Å². The normalized spacial score (nSPS) is 18.1. The Bertz CT molecular complexity index is 1420. The van der Waals surface area contributed by atoms with Crippen LogP contribution in [0.4, 0.5) is 5.69 Å². The Morgan fingerprint density at radius 1 is 1.00 bits per heavy atom. The van der Waals surface area contributed by atoms with Crippen LogP contribution in [0.15, 0.2) is 58.2 Å². The number of para-hydroxylation sites is 1. The van der Waals surface area contributed by atoms with Gasteiger partial charge >= 0.3 is 0 Å². The lowest BCUT2D eigenvalue weighted by atomic mass is 10.0. The van der Waals surface area contributed by atoms with E-state index in [4.69, 9.17) is 12.2 Å². The molecule has 5 rings (SSSR count). The summed E-state index contributed by atoms with van der Waals surface area (Å²) in [4.78, 5) is 34.0. The van der Waals surface area contributed by atoms with Gasteiger partial charge in [-0.2, -0.15) is 0 Å². The van der Waals surface area contributed by atoms with E-state index < -0.39 is 0 Å². The molecule has 0 unspecified atom stereocenters. The van der Waals surface area contributed by atoms with Crippen molar-refractivity contribution in [2.45, 2.75) is 26.9 Å². The Morgan fingerprint density at radius 3 is 2.39 bits per heavy atom. The Hall–Kier alpha value is -2.94. The van der Waals surface area contributed by atoms with Gasteiger partial charge in [-0.1, -0.05) is 72.0 Å². The molecule has 0 radical (unpaired) electrons. The lowest BCUT2D eigenvalue weighted by Crippen LogP contribution is -2.45. The third kappa shape index (κ3) is 4.61. The van der Waals surface area contributed by atoms with Crippen molar-refractivity contribution >= 4 is 56.9 Å². The Labute approximate surface area is 221 Å². The van der Waals surface area contributed by atoms with Crippen LogP contribution in [0.2, 0.25) is 0 Å². The molecule has 2 aliphatic rings. The summed E-state index contributed by atoms with van der Waals surface area (Å²) >= 11 is 6.87. The van der Waals surface area contributed by atoms with E-state index in [2.05, 4.69) is 22.9 Å². The summed E-state index contributed by atoms with van der Waals surface area (Å²) in [5, 5.41) is 1.03. The van der Waals surface area contributed by atoms with Crippen molar-refractivity contribution in [2.24, 2.45) is 0 Å². The molecule has 1 aromatic heterocycles. The molecule has 0 atom stereocenters. The van der Waals surface area contributed by atoms with Crippen molar-refractivity contribution < 1.29 is 4.79 Å². The topological polar surface area (TPSA) is 48.8 Å². The predicted molar refractivity (Wildman–Crippen MR) is 153 cm³/mol. The molecular weight excluding hydrogens is 488 g/mol. The molecule has 0 bridgehead atoms. The van der Waals surface area contributed by atoms with E-state index in [9.17, 15) is 9.59 Å². The van der Waals surface area contributed by atoms with E-state index >= 15 is 0 Å². The Morgan fingerprint density at radius 2 is 1.69 bits per heavy atom. The molecule has 2 aromatic carbocycles. The maximum atomic E-state index is 13.8. The second kappa shape index (κ2) is 10.2. The standard InChI is InChI=1S/C28H30N4O2S2/c1-4-31-23-8-6-5-7-21(23)25(30-15-13-29(3)14-16-30)22(26(31)33)17-24-27(34)32(28(35)36-24)18-20-11-9-19(2)10-12-20/h5-12,17H,4,13-16,18H2,1-3H3. The fourth-order valence-electron chi connectivity index (χ4n) is 4.87. The number of piperazine rings is 1. The van der Waals surface area contributed by atoms with Crippen LogP contribution >= 0.6 is 24.0 Å². The van der Waals surface area contributed by atoms with E-state index in [0.717, 1.165) is 48.3 Å². The van der Waals surface area contributed by atoms with E-state index in [1.807, 2.05) is 56.3 Å². The number of carbonyl (C=O) groups excluding carboxylic acids is 1. The molecule has 3 heterocycles. The maximum absolute atomic E-state index is 13.8. The first-order chi connectivity index (χ1) is 17.4. The minimum atomic E-state index is -0.148. The summed E-state index contributed by atoms with van der Waals surface area (Å²) in [6.45, 7) is 8.48. The van der Waals surface area contributed by atoms with Gasteiger partial charge in [0.05, 0.1) is 28.2 Å². The number of likely N-dealkylation sites (N-methyl/N-ethyl adjacent to an activating group) is 1. The predicted octanol–water partition coefficient (Wildman–Crippen LogP) is 4.48. The van der Waals surface area contributed by atoms with Gasteiger partial charge in [-0.15, -0.1) is 0 Å². The van der Waals surface area contributed by atoms with Crippen LogP contribution in [0.5, 0.6) is 0 Å². The molecule has 6 nitrogen and oxygen atoms in total. The van der Waals surface area contributed by atoms with Crippen molar-refractivity contribution in [1.29, 1.82) is 0 Å². The number of rotatable bonds is 5. The Kier molecular flexibility index (Phi) is 7.01. The molecule has 186 valence electrons. The van der Waals surface area contributed by atoms with Crippen LogP contribution < -0.4 is 10.5 Å². The van der Waals surface area contributed by atoms with Crippen molar-refractivity contribution in [2.75, 3.05) is 38.1 Å². The molecule has 1 amide bonds. The third-order valence-electron chi connectivity index (χ3n) is 6.93. The first-order valence-corrected chi connectivity index (χ1v) is 13.5. The number of aromatic nitrogens is 1. The second-order valence-corrected chi connectivity index (χ2v) is 11.0. The molecule has 8 heteroatoms. The number of amides is 1. The number of carbonyl (C=O) groups is 1. The van der Waals surface area contributed by atoms with Crippen LogP contribution in [-0.4, -0.2) is 57.8 Å². The summed E-state index contributed by atoms with van der Waals surface area (Å²) in [6.07, 6.45) is 1.78. The lowest BCUT2D eigenvalue weighted by molar-refractivity contribution is -0.122. The van der Waals surface area contributed by atoms with Gasteiger partial charge in [0.15, 0.2) is 0 Å². The first-order valence-electron chi connectivity index (χ1n) is 12.3. The number of thiocarbonyl (C=S) groups is 1. The number of anilines is 1. The Balaban J connectivity index is 1.60. The maximum Gasteiger partial charge on any atom is 0.266 e. The number of fused-ring (bicyclic) bond motifs is 1. The average molecular weight is 519 g/mol. The molecule has 0 saturated carbocycles. The van der Waals surface area contributed by atoms with E-state index in [1.54, 1.807) is 15.5 Å². The molecular formula is C28H30N4O2S2. The van der Waals surface area contributed by atoms with Gasteiger partial charge < -0.3 is 14.4 Å². The fourth-order valence-corrected chi connectivity index (χ4v) is 6.11. The minimum absolute atomic E-state index is 0.0751. The first kappa shape index (κ1) is 24.7. The number of pyridine rings is 1. The molecule has 2 saturated heterocycles. The fraction of sp³-hybridized carbons (Fsp3) is 0.321. The highest BCUT2D eigenvalue weighted by atomic mass is 32.2. The van der Waals surface area contributed by atoms with Gasteiger partial charge in [0, 0.05) is 38.1 Å². The van der Waals surface area contributed by atoms with E-state index in [0.29, 0.717) is 27.9 Å². The van der Waals surface area contributed by atoms with Gasteiger partial charge in [-0.25, -0.2) is 0 Å². The molecule has 0 aliphatic carbocycles. The molecule has 36 heavy (non-hydrogen) atoms. The van der Waals surface area contributed by atoms with Crippen molar-refractivity contribution in [3.8, 4) is 0 Å². The minimum Gasteiger partial charge on any atom is -0.368 e. The van der Waals surface area contributed by atoms with Crippen molar-refractivity contribution in [3.05, 3.63) is 80.5 Å². The van der Waals surface area contributed by atoms with E-state index in [-0.39, 0.29) is 11.5 Å². The highest BCUT2D eigenvalue weighted by Gasteiger charge is 2.33. The zero-order chi connectivity index (χ0) is 25.4. The van der Waals surface area contributed by atoms with Crippen LogP contribution in [-0.2, 0) is 17.9 Å². The summed E-state index contributed by atoms with van der Waals surface area (Å²) in [5.74, 6) is -0.148. The zero-order valence-corrected chi connectivity index (χ0v) is 22.5.